The lowest BCUT2D eigenvalue weighted by atomic mass is 9.79. The molecule has 1 aliphatic rings. The van der Waals surface area contributed by atoms with Crippen LogP contribution in [0.4, 0.5) is 11.4 Å². The average molecular weight is 377 g/mol. The van der Waals surface area contributed by atoms with Crippen molar-refractivity contribution in [1.82, 2.24) is 0 Å². The molecular formula is C25H32N2O. The van der Waals surface area contributed by atoms with Crippen LogP contribution in [0, 0.1) is 6.92 Å². The van der Waals surface area contributed by atoms with Gasteiger partial charge < -0.3 is 4.90 Å². The van der Waals surface area contributed by atoms with Crippen LogP contribution in [0.2, 0.25) is 0 Å². The minimum absolute atomic E-state index is 0.0783. The van der Waals surface area contributed by atoms with Gasteiger partial charge in [0, 0.05) is 29.5 Å². The predicted octanol–water partition coefficient (Wildman–Crippen LogP) is 6.45. The Bertz CT molecular complexity index is 894. The fourth-order valence-corrected chi connectivity index (χ4v) is 4.36. The summed E-state index contributed by atoms with van der Waals surface area (Å²) in [4.78, 5) is 18.7. The molecule has 0 bridgehead atoms. The summed E-state index contributed by atoms with van der Waals surface area (Å²) in [6, 6.07) is 12.1. The van der Waals surface area contributed by atoms with Crippen LogP contribution in [0.5, 0.6) is 0 Å². The molecule has 0 fully saturated rings. The fraction of sp³-hybridized carbons (Fsp3) is 0.440. The molecule has 0 N–H and O–H groups in total. The molecule has 0 spiro atoms. The number of anilines is 1. The van der Waals surface area contributed by atoms with E-state index < -0.39 is 0 Å². The molecule has 0 aliphatic carbocycles. The highest BCUT2D eigenvalue weighted by Crippen LogP contribution is 2.44. The van der Waals surface area contributed by atoms with E-state index in [9.17, 15) is 4.79 Å². The first kappa shape index (κ1) is 20.3. The molecular weight excluding hydrogens is 344 g/mol. The summed E-state index contributed by atoms with van der Waals surface area (Å²) in [7, 11) is 0. The van der Waals surface area contributed by atoms with Crippen LogP contribution in [0.25, 0.3) is 0 Å². The highest BCUT2D eigenvalue weighted by molar-refractivity contribution is 5.94. The van der Waals surface area contributed by atoms with Crippen molar-refractivity contribution in [2.24, 2.45) is 4.99 Å². The Balaban J connectivity index is 1.94. The maximum absolute atomic E-state index is 11.4. The number of carbonyl (C=O) groups excluding carboxylic acids is 1. The molecule has 3 heteroatoms. The lowest BCUT2D eigenvalue weighted by Gasteiger charge is -2.48. The molecule has 28 heavy (non-hydrogen) atoms. The first-order valence-electron chi connectivity index (χ1n) is 10.3. The van der Waals surface area contributed by atoms with Crippen LogP contribution < -0.4 is 4.90 Å². The van der Waals surface area contributed by atoms with E-state index in [0.29, 0.717) is 5.92 Å². The lowest BCUT2D eigenvalue weighted by Crippen LogP contribution is -2.48. The number of carbonyl (C=O) groups is 1. The summed E-state index contributed by atoms with van der Waals surface area (Å²) >= 11 is 0. The first-order valence-corrected chi connectivity index (χ1v) is 10.3. The molecule has 3 nitrogen and oxygen atoms in total. The number of fused-ring (bicyclic) bond motifs is 1. The van der Waals surface area contributed by atoms with Crippen LogP contribution in [0.3, 0.4) is 0 Å². The van der Waals surface area contributed by atoms with Crippen molar-refractivity contribution in [2.45, 2.75) is 65.8 Å². The Hall–Kier alpha value is -2.42. The number of aryl methyl sites for hydroxylation is 1. The number of rotatable bonds is 5. The molecule has 0 radical (unpaired) electrons. The second-order valence-corrected chi connectivity index (χ2v) is 8.70. The zero-order valence-corrected chi connectivity index (χ0v) is 18.0. The quantitative estimate of drug-likeness (QED) is 0.444. The SMILES string of the molecule is CCCN1c2cc(C)c(C=Nc3ccc(C(C)=O)cc3)cc2C(C)CC1(C)C. The first-order chi connectivity index (χ1) is 13.2. The Kier molecular flexibility index (Phi) is 5.74. The van der Waals surface area contributed by atoms with Crippen LogP contribution in [-0.2, 0) is 0 Å². The van der Waals surface area contributed by atoms with Crippen molar-refractivity contribution >= 4 is 23.4 Å². The molecule has 0 saturated heterocycles. The average Bonchev–Trinajstić information content (AvgIpc) is 2.63. The number of benzene rings is 2. The van der Waals surface area contributed by atoms with Crippen molar-refractivity contribution in [1.29, 1.82) is 0 Å². The van der Waals surface area contributed by atoms with Gasteiger partial charge in [-0.2, -0.15) is 0 Å². The van der Waals surface area contributed by atoms with Gasteiger partial charge in [-0.1, -0.05) is 13.8 Å². The molecule has 2 aromatic carbocycles. The van der Waals surface area contributed by atoms with Gasteiger partial charge in [0.1, 0.15) is 0 Å². The summed E-state index contributed by atoms with van der Waals surface area (Å²) in [5.74, 6) is 0.607. The largest absolute Gasteiger partial charge is 0.366 e. The zero-order valence-electron chi connectivity index (χ0n) is 18.0. The highest BCUT2D eigenvalue weighted by Gasteiger charge is 2.36. The standard InChI is InChI=1S/C25H32N2O/c1-7-12-27-24-13-17(2)21(14-23(24)18(3)15-25(27,5)6)16-26-22-10-8-20(9-11-22)19(4)28/h8-11,13-14,16,18H,7,12,15H2,1-6H3. The fourth-order valence-electron chi connectivity index (χ4n) is 4.36. The predicted molar refractivity (Wildman–Crippen MR) is 120 cm³/mol. The van der Waals surface area contributed by atoms with E-state index in [1.165, 1.54) is 16.8 Å². The second-order valence-electron chi connectivity index (χ2n) is 8.70. The molecule has 1 atom stereocenters. The van der Waals surface area contributed by atoms with Gasteiger partial charge in [0.05, 0.1) is 5.69 Å². The second kappa shape index (κ2) is 7.90. The van der Waals surface area contributed by atoms with Gasteiger partial charge in [-0.05, 0) is 99.5 Å². The van der Waals surface area contributed by atoms with E-state index in [2.05, 4.69) is 56.6 Å². The van der Waals surface area contributed by atoms with Gasteiger partial charge >= 0.3 is 0 Å². The van der Waals surface area contributed by atoms with Crippen LogP contribution in [0.15, 0.2) is 41.4 Å². The van der Waals surface area contributed by atoms with Crippen LogP contribution in [0.1, 0.15) is 80.4 Å². The Morgan fingerprint density at radius 3 is 2.54 bits per heavy atom. The van der Waals surface area contributed by atoms with Gasteiger partial charge in [-0.25, -0.2) is 0 Å². The van der Waals surface area contributed by atoms with Crippen molar-refractivity contribution < 1.29 is 4.79 Å². The number of Topliss-reactive ketones (excluding diaryl/α,β-unsaturated/α-hetero) is 1. The highest BCUT2D eigenvalue weighted by atomic mass is 16.1. The van der Waals surface area contributed by atoms with E-state index in [0.717, 1.165) is 36.2 Å². The molecule has 1 heterocycles. The smallest absolute Gasteiger partial charge is 0.159 e. The number of hydrogen-bond donors (Lipinski definition) is 0. The summed E-state index contributed by atoms with van der Waals surface area (Å²) in [5.41, 5.74) is 6.98. The molecule has 0 saturated carbocycles. The van der Waals surface area contributed by atoms with E-state index in [-0.39, 0.29) is 11.3 Å². The topological polar surface area (TPSA) is 32.7 Å². The number of hydrogen-bond acceptors (Lipinski definition) is 3. The molecule has 0 aromatic heterocycles. The number of ketones is 1. The van der Waals surface area contributed by atoms with Gasteiger partial charge in [0.2, 0.25) is 0 Å². The van der Waals surface area contributed by atoms with E-state index in [4.69, 9.17) is 0 Å². The maximum Gasteiger partial charge on any atom is 0.159 e. The van der Waals surface area contributed by atoms with E-state index in [1.807, 2.05) is 30.5 Å². The number of nitrogens with zero attached hydrogens (tertiary/aromatic N) is 2. The van der Waals surface area contributed by atoms with E-state index >= 15 is 0 Å². The molecule has 1 unspecified atom stereocenters. The monoisotopic (exact) mass is 376 g/mol. The summed E-state index contributed by atoms with van der Waals surface area (Å²) in [6.45, 7) is 14.1. The third kappa shape index (κ3) is 4.04. The minimum atomic E-state index is 0.0783. The Labute approximate surface area is 169 Å². The maximum atomic E-state index is 11.4. The van der Waals surface area contributed by atoms with Gasteiger partial charge in [0.15, 0.2) is 5.78 Å². The molecule has 2 aromatic rings. The summed E-state index contributed by atoms with van der Waals surface area (Å²) in [6.07, 6.45) is 4.26. The van der Waals surface area contributed by atoms with Crippen molar-refractivity contribution in [3.8, 4) is 0 Å². The molecule has 0 amide bonds. The third-order valence-corrected chi connectivity index (χ3v) is 5.85. The Morgan fingerprint density at radius 1 is 1.25 bits per heavy atom. The molecule has 148 valence electrons. The van der Waals surface area contributed by atoms with Gasteiger partial charge in [-0.3, -0.25) is 9.79 Å². The lowest BCUT2D eigenvalue weighted by molar-refractivity contribution is 0.101. The minimum Gasteiger partial charge on any atom is -0.366 e. The van der Waals surface area contributed by atoms with Gasteiger partial charge in [0.25, 0.3) is 0 Å². The number of aliphatic imine (C=N–C) groups is 1. The van der Waals surface area contributed by atoms with Crippen molar-refractivity contribution in [3.63, 3.8) is 0 Å². The van der Waals surface area contributed by atoms with Crippen LogP contribution >= 0.6 is 0 Å². The zero-order chi connectivity index (χ0) is 20.5. The summed E-state index contributed by atoms with van der Waals surface area (Å²) in [5, 5.41) is 0. The van der Waals surface area contributed by atoms with Crippen LogP contribution in [-0.4, -0.2) is 24.1 Å². The van der Waals surface area contributed by atoms with Gasteiger partial charge in [-0.15, -0.1) is 0 Å². The third-order valence-electron chi connectivity index (χ3n) is 5.85. The van der Waals surface area contributed by atoms with Crippen molar-refractivity contribution in [3.05, 3.63) is 58.7 Å². The van der Waals surface area contributed by atoms with Crippen molar-refractivity contribution in [2.75, 3.05) is 11.4 Å². The molecule has 3 rings (SSSR count). The normalized spacial score (nSPS) is 18.4. The van der Waals surface area contributed by atoms with E-state index in [1.54, 1.807) is 6.92 Å². The Morgan fingerprint density at radius 2 is 1.93 bits per heavy atom. The summed E-state index contributed by atoms with van der Waals surface area (Å²) < 4.78 is 0. The molecule has 1 aliphatic heterocycles.